The van der Waals surface area contributed by atoms with E-state index in [9.17, 15) is 14.7 Å². The zero-order valence-electron chi connectivity index (χ0n) is 18.4. The molecule has 2 bridgehead atoms. The summed E-state index contributed by atoms with van der Waals surface area (Å²) in [5.41, 5.74) is 2.30. The lowest BCUT2D eigenvalue weighted by molar-refractivity contribution is 0.0922. The van der Waals surface area contributed by atoms with E-state index in [-0.39, 0.29) is 17.4 Å². The van der Waals surface area contributed by atoms with Crippen molar-refractivity contribution in [2.24, 2.45) is 16.1 Å². The summed E-state index contributed by atoms with van der Waals surface area (Å²) in [6, 6.07) is 16.6. The molecule has 0 spiro atoms. The van der Waals surface area contributed by atoms with Gasteiger partial charge in [-0.2, -0.15) is 0 Å². The van der Waals surface area contributed by atoms with Crippen molar-refractivity contribution in [3.8, 4) is 5.88 Å². The van der Waals surface area contributed by atoms with Crippen LogP contribution in [0.3, 0.4) is 0 Å². The van der Waals surface area contributed by atoms with Gasteiger partial charge in [-0.3, -0.25) is 19.1 Å². The number of para-hydroxylation sites is 1. The van der Waals surface area contributed by atoms with Crippen molar-refractivity contribution in [1.82, 2.24) is 14.0 Å². The van der Waals surface area contributed by atoms with Crippen LogP contribution in [0.1, 0.15) is 27.7 Å². The van der Waals surface area contributed by atoms with Gasteiger partial charge in [0.15, 0.2) is 5.69 Å². The SMILES string of the molecule is O=C(N=Nc1c(O)n(CN2C[C@H]3C[C@@H](C2)c2cccc(=O)n2C3)c2ccccc12)c1cccs1. The van der Waals surface area contributed by atoms with E-state index in [0.717, 1.165) is 42.7 Å². The fourth-order valence-corrected chi connectivity index (χ4v) is 5.97. The summed E-state index contributed by atoms with van der Waals surface area (Å²) in [5.74, 6) is 0.242. The summed E-state index contributed by atoms with van der Waals surface area (Å²) < 4.78 is 3.75. The van der Waals surface area contributed by atoms with Crippen molar-refractivity contribution in [1.29, 1.82) is 0 Å². The molecule has 2 aliphatic heterocycles. The Hall–Kier alpha value is -3.56. The van der Waals surface area contributed by atoms with Crippen LogP contribution in [0.4, 0.5) is 5.69 Å². The highest BCUT2D eigenvalue weighted by Crippen LogP contribution is 2.40. The van der Waals surface area contributed by atoms with E-state index in [1.807, 2.05) is 44.8 Å². The Bertz CT molecular complexity index is 1470. The van der Waals surface area contributed by atoms with Gasteiger partial charge in [-0.15, -0.1) is 21.6 Å². The first-order valence-electron chi connectivity index (χ1n) is 11.3. The molecule has 172 valence electrons. The molecule has 1 fully saturated rings. The molecule has 9 heteroatoms. The fourth-order valence-electron chi connectivity index (χ4n) is 5.37. The van der Waals surface area contributed by atoms with Crippen LogP contribution in [0, 0.1) is 5.92 Å². The van der Waals surface area contributed by atoms with Crippen LogP contribution in [0.5, 0.6) is 5.88 Å². The summed E-state index contributed by atoms with van der Waals surface area (Å²) in [4.78, 5) is 27.5. The summed E-state index contributed by atoms with van der Waals surface area (Å²) in [6.45, 7) is 2.87. The first kappa shape index (κ1) is 21.0. The number of aromatic hydroxyl groups is 1. The number of hydrogen-bond acceptors (Lipinski definition) is 6. The van der Waals surface area contributed by atoms with E-state index in [2.05, 4.69) is 21.2 Å². The predicted molar refractivity (Wildman–Crippen MR) is 130 cm³/mol. The average molecular weight is 474 g/mol. The normalized spacial score (nSPS) is 20.1. The minimum Gasteiger partial charge on any atom is -0.493 e. The van der Waals surface area contributed by atoms with Crippen LogP contribution in [0.2, 0.25) is 0 Å². The van der Waals surface area contributed by atoms with E-state index in [4.69, 9.17) is 0 Å². The van der Waals surface area contributed by atoms with Crippen LogP contribution in [-0.4, -0.2) is 38.1 Å². The Balaban J connectivity index is 1.31. The molecule has 34 heavy (non-hydrogen) atoms. The zero-order chi connectivity index (χ0) is 23.2. The molecule has 0 unspecified atom stereocenters. The van der Waals surface area contributed by atoms with Crippen LogP contribution in [-0.2, 0) is 13.2 Å². The number of piperidine rings is 1. The number of rotatable bonds is 4. The van der Waals surface area contributed by atoms with Crippen LogP contribution in [0.15, 0.2) is 75.0 Å². The fraction of sp³-hybridized carbons (Fsp3) is 0.280. The highest BCUT2D eigenvalue weighted by atomic mass is 32.1. The molecule has 8 nitrogen and oxygen atoms in total. The molecule has 5 heterocycles. The molecule has 0 radical (unpaired) electrons. The minimum absolute atomic E-state index is 0.00344. The van der Waals surface area contributed by atoms with Gasteiger partial charge in [0.1, 0.15) is 0 Å². The van der Waals surface area contributed by atoms with E-state index in [0.29, 0.717) is 23.2 Å². The lowest BCUT2D eigenvalue weighted by Gasteiger charge is -2.42. The molecule has 2 atom stereocenters. The van der Waals surface area contributed by atoms with Crippen molar-refractivity contribution >= 4 is 33.8 Å². The third kappa shape index (κ3) is 3.57. The third-order valence-corrected chi connectivity index (χ3v) is 7.64. The number of nitrogens with zero attached hydrogens (tertiary/aromatic N) is 5. The van der Waals surface area contributed by atoms with E-state index >= 15 is 0 Å². The topological polar surface area (TPSA) is 92.2 Å². The Kier molecular flexibility index (Phi) is 5.15. The Morgan fingerprint density at radius 1 is 1.06 bits per heavy atom. The lowest BCUT2D eigenvalue weighted by Crippen LogP contribution is -2.47. The predicted octanol–water partition coefficient (Wildman–Crippen LogP) is 4.57. The maximum absolute atomic E-state index is 12.3. The molecule has 1 aromatic carbocycles. The van der Waals surface area contributed by atoms with Crippen molar-refractivity contribution in [3.05, 3.63) is 80.9 Å². The largest absolute Gasteiger partial charge is 0.493 e. The maximum atomic E-state index is 12.3. The molecule has 1 saturated heterocycles. The first-order valence-corrected chi connectivity index (χ1v) is 12.2. The maximum Gasteiger partial charge on any atom is 0.305 e. The van der Waals surface area contributed by atoms with Gasteiger partial charge >= 0.3 is 5.91 Å². The number of pyridine rings is 1. The zero-order valence-corrected chi connectivity index (χ0v) is 19.2. The minimum atomic E-state index is -0.427. The molecule has 1 amide bonds. The highest BCUT2D eigenvalue weighted by molar-refractivity contribution is 7.12. The van der Waals surface area contributed by atoms with Crippen LogP contribution >= 0.6 is 11.3 Å². The lowest BCUT2D eigenvalue weighted by atomic mass is 9.83. The molecule has 2 aliphatic rings. The Labute approximate surface area is 199 Å². The van der Waals surface area contributed by atoms with Gasteiger partial charge in [0, 0.05) is 42.7 Å². The van der Waals surface area contributed by atoms with Gasteiger partial charge in [0.2, 0.25) is 5.88 Å². The van der Waals surface area contributed by atoms with Crippen LogP contribution < -0.4 is 5.56 Å². The summed E-state index contributed by atoms with van der Waals surface area (Å²) >= 11 is 1.31. The highest BCUT2D eigenvalue weighted by Gasteiger charge is 2.35. The number of carbonyl (C=O) groups is 1. The molecular weight excluding hydrogens is 450 g/mol. The number of fused-ring (bicyclic) bond motifs is 5. The Morgan fingerprint density at radius 3 is 2.79 bits per heavy atom. The number of benzene rings is 1. The molecule has 1 N–H and O–H groups in total. The monoisotopic (exact) mass is 473 g/mol. The van der Waals surface area contributed by atoms with Gasteiger partial charge in [-0.05, 0) is 35.9 Å². The number of carbonyl (C=O) groups excluding carboxylic acids is 1. The van der Waals surface area contributed by atoms with Gasteiger partial charge < -0.3 is 9.67 Å². The molecule has 4 aromatic rings. The first-order chi connectivity index (χ1) is 16.6. The van der Waals surface area contributed by atoms with E-state index < -0.39 is 5.91 Å². The second kappa shape index (κ2) is 8.34. The molecule has 0 aliphatic carbocycles. The van der Waals surface area contributed by atoms with Gasteiger partial charge in [0.25, 0.3) is 5.56 Å². The van der Waals surface area contributed by atoms with Crippen molar-refractivity contribution in [2.45, 2.75) is 25.6 Å². The number of aromatic nitrogens is 2. The third-order valence-electron chi connectivity index (χ3n) is 6.79. The van der Waals surface area contributed by atoms with Gasteiger partial charge in [-0.25, -0.2) is 0 Å². The van der Waals surface area contributed by atoms with E-state index in [1.165, 1.54) is 11.3 Å². The smallest absolute Gasteiger partial charge is 0.305 e. The van der Waals surface area contributed by atoms with Crippen molar-refractivity contribution in [3.63, 3.8) is 0 Å². The quantitative estimate of drug-likeness (QED) is 0.440. The number of azo groups is 1. The molecule has 6 rings (SSSR count). The van der Waals surface area contributed by atoms with Crippen molar-refractivity contribution in [2.75, 3.05) is 13.1 Å². The number of thiophene rings is 1. The van der Waals surface area contributed by atoms with E-state index in [1.54, 1.807) is 18.2 Å². The second-order valence-corrected chi connectivity index (χ2v) is 9.92. The van der Waals surface area contributed by atoms with Crippen molar-refractivity contribution < 1.29 is 9.90 Å². The summed E-state index contributed by atoms with van der Waals surface area (Å²) in [7, 11) is 0. The summed E-state index contributed by atoms with van der Waals surface area (Å²) in [6.07, 6.45) is 1.07. The average Bonchev–Trinajstić information content (AvgIpc) is 3.46. The summed E-state index contributed by atoms with van der Waals surface area (Å²) in [5, 5.41) is 21.7. The standard InChI is InChI=1S/C25H23N5O3S/c31-22-9-3-7-19-17-11-16(13-29(19)22)12-28(14-17)15-30-20-6-2-1-5-18(20)23(25(30)33)26-27-24(32)21-8-4-10-34-21/h1-10,16-17,33H,11-15H2/t16-,17+/m1/s1. The molecular formula is C25H23N5O3S. The number of likely N-dealkylation sites (tertiary alicyclic amines) is 1. The van der Waals surface area contributed by atoms with Gasteiger partial charge in [0.05, 0.1) is 17.1 Å². The molecule has 3 aromatic heterocycles. The Morgan fingerprint density at radius 2 is 1.94 bits per heavy atom. The van der Waals surface area contributed by atoms with Crippen LogP contribution in [0.25, 0.3) is 10.9 Å². The number of amides is 1. The second-order valence-electron chi connectivity index (χ2n) is 8.98. The number of hydrogen-bond donors (Lipinski definition) is 1. The molecule has 0 saturated carbocycles. The van der Waals surface area contributed by atoms with Gasteiger partial charge in [-0.1, -0.05) is 30.3 Å².